The number of rotatable bonds is 1. The molecule has 130 valence electrons. The van der Waals surface area contributed by atoms with Crippen LogP contribution in [0.15, 0.2) is 46.9 Å². The number of para-hydroxylation sites is 2. The van der Waals surface area contributed by atoms with Gasteiger partial charge in [0.15, 0.2) is 0 Å². The van der Waals surface area contributed by atoms with E-state index >= 15 is 0 Å². The van der Waals surface area contributed by atoms with Gasteiger partial charge in [-0.15, -0.1) is 5.46 Å². The summed E-state index contributed by atoms with van der Waals surface area (Å²) >= 11 is 6.37. The van der Waals surface area contributed by atoms with E-state index < -0.39 is 0 Å². The van der Waals surface area contributed by atoms with Gasteiger partial charge >= 0.3 is 0 Å². The van der Waals surface area contributed by atoms with Crippen LogP contribution in [0.2, 0.25) is 5.28 Å². The molecule has 0 unspecified atom stereocenters. The molecule has 0 saturated heterocycles. The molecule has 0 fully saturated rings. The second kappa shape index (κ2) is 6.18. The summed E-state index contributed by atoms with van der Waals surface area (Å²) in [6.07, 6.45) is 0. The van der Waals surface area contributed by atoms with Crippen LogP contribution in [0.25, 0.3) is 44.1 Å². The maximum atomic E-state index is 6.37. The third kappa shape index (κ3) is 2.36. The molecule has 0 radical (unpaired) electrons. The van der Waals surface area contributed by atoms with Gasteiger partial charge in [-0.1, -0.05) is 46.7 Å². The fraction of sp³-hybridized carbons (Fsp3) is 0. The number of hydrogen-bond acceptors (Lipinski definition) is 3. The predicted molar refractivity (Wildman–Crippen MR) is 130 cm³/mol. The highest BCUT2D eigenvalue weighted by Gasteiger charge is 2.20. The molecule has 0 saturated carbocycles. The summed E-state index contributed by atoms with van der Waals surface area (Å²) < 4.78 is 6.25. The molecule has 0 spiro atoms. The van der Waals surface area contributed by atoms with Crippen LogP contribution >= 0.6 is 11.6 Å². The first-order chi connectivity index (χ1) is 13.5. The molecule has 2 heterocycles. The molecule has 0 bridgehead atoms. The van der Waals surface area contributed by atoms with Crippen LogP contribution in [0.1, 0.15) is 0 Å². The zero-order valence-electron chi connectivity index (χ0n) is 16.2. The van der Waals surface area contributed by atoms with Gasteiger partial charge in [0, 0.05) is 21.7 Å². The van der Waals surface area contributed by atoms with Crippen LogP contribution < -0.4 is 21.9 Å². The molecule has 0 atom stereocenters. The number of hydrogen-bond donors (Lipinski definition) is 0. The monoisotopic (exact) mass is 378 g/mol. The summed E-state index contributed by atoms with van der Waals surface area (Å²) in [6.45, 7) is 0. The Balaban J connectivity index is 1.98. The second-order valence-corrected chi connectivity index (χ2v) is 7.68. The number of aromatic nitrogens is 2. The van der Waals surface area contributed by atoms with E-state index in [1.807, 2.05) is 30.3 Å². The highest BCUT2D eigenvalue weighted by atomic mass is 35.5. The van der Waals surface area contributed by atoms with Crippen molar-refractivity contribution in [2.24, 2.45) is 0 Å². The van der Waals surface area contributed by atoms with E-state index in [0.717, 1.165) is 49.6 Å². The van der Waals surface area contributed by atoms with Gasteiger partial charge in [0.1, 0.15) is 42.6 Å². The topological polar surface area (TPSA) is 38.9 Å². The van der Waals surface area contributed by atoms with Crippen molar-refractivity contribution in [2.45, 2.75) is 0 Å². The van der Waals surface area contributed by atoms with Gasteiger partial charge < -0.3 is 4.42 Å². The third-order valence-corrected chi connectivity index (χ3v) is 6.13. The van der Waals surface area contributed by atoms with Crippen LogP contribution in [-0.4, -0.2) is 41.4 Å². The Morgan fingerprint density at radius 1 is 0.750 bits per heavy atom. The Morgan fingerprint density at radius 2 is 1.46 bits per heavy atom. The Hall–Kier alpha value is -2.65. The van der Waals surface area contributed by atoms with Crippen LogP contribution in [0.4, 0.5) is 0 Å². The Labute approximate surface area is 171 Å². The summed E-state index contributed by atoms with van der Waals surface area (Å²) in [5, 5.41) is 3.47. The van der Waals surface area contributed by atoms with E-state index in [4.69, 9.17) is 16.0 Å². The molecule has 0 aliphatic carbocycles. The second-order valence-electron chi connectivity index (χ2n) is 7.35. The summed E-state index contributed by atoms with van der Waals surface area (Å²) in [7, 11) is 8.51. The molecule has 0 N–H and O–H groups in total. The van der Waals surface area contributed by atoms with E-state index in [9.17, 15) is 0 Å². The SMILES string of the molecule is Bc1c(B)c(B)c2c(-c3cccc4c3oc3ccccc34)nc(Cl)nc2c1B. The van der Waals surface area contributed by atoms with Gasteiger partial charge in [-0.25, -0.2) is 9.97 Å². The maximum absolute atomic E-state index is 6.37. The highest BCUT2D eigenvalue weighted by Crippen LogP contribution is 2.36. The van der Waals surface area contributed by atoms with E-state index in [1.165, 1.54) is 16.4 Å². The van der Waals surface area contributed by atoms with Crippen molar-refractivity contribution in [1.82, 2.24) is 9.97 Å². The minimum atomic E-state index is 0.251. The smallest absolute Gasteiger partial charge is 0.223 e. The molecule has 5 aromatic rings. The highest BCUT2D eigenvalue weighted by molar-refractivity contribution is 6.66. The van der Waals surface area contributed by atoms with Crippen LogP contribution in [-0.2, 0) is 0 Å². The Kier molecular flexibility index (Phi) is 3.85. The molecule has 28 heavy (non-hydrogen) atoms. The number of benzene rings is 3. The van der Waals surface area contributed by atoms with Crippen molar-refractivity contribution in [3.05, 3.63) is 47.7 Å². The first-order valence-electron chi connectivity index (χ1n) is 9.31. The van der Waals surface area contributed by atoms with Gasteiger partial charge in [0.25, 0.3) is 0 Å². The lowest BCUT2D eigenvalue weighted by Gasteiger charge is -2.17. The first kappa shape index (κ1) is 17.4. The van der Waals surface area contributed by atoms with Crippen molar-refractivity contribution in [2.75, 3.05) is 0 Å². The molecule has 0 aliphatic rings. The van der Waals surface area contributed by atoms with Gasteiger partial charge in [-0.3, -0.25) is 0 Å². The zero-order valence-corrected chi connectivity index (χ0v) is 17.0. The number of nitrogens with zero attached hydrogens (tertiary/aromatic N) is 2. The number of halogens is 1. The molecule has 8 heteroatoms. The predicted octanol–water partition coefficient (Wildman–Crippen LogP) is -1.12. The molecular formula is C20H15B4ClN2O. The van der Waals surface area contributed by atoms with Gasteiger partial charge in [0.2, 0.25) is 5.28 Å². The van der Waals surface area contributed by atoms with Crippen molar-refractivity contribution in [3.8, 4) is 11.3 Å². The Bertz CT molecular complexity index is 1430. The fourth-order valence-electron chi connectivity index (χ4n) is 4.12. The standard InChI is InChI=1S/C20H15B4ClN2O/c21-13-12-17(26-20(25)27-18(12)16(24)15(23)14(13)22)10-6-3-5-9-8-4-1-2-7-11(8)28-19(9)10/h1-7H,21-24H2. The van der Waals surface area contributed by atoms with E-state index in [1.54, 1.807) is 0 Å². The van der Waals surface area contributed by atoms with E-state index in [2.05, 4.69) is 53.5 Å². The van der Waals surface area contributed by atoms with Crippen molar-refractivity contribution >= 4 is 97.7 Å². The normalized spacial score (nSPS) is 11.6. The molecule has 0 amide bonds. The van der Waals surface area contributed by atoms with Crippen LogP contribution in [0.5, 0.6) is 0 Å². The average Bonchev–Trinajstić information content (AvgIpc) is 3.09. The molecule has 5 rings (SSSR count). The molecule has 0 aliphatic heterocycles. The third-order valence-electron chi connectivity index (χ3n) is 5.96. The lowest BCUT2D eigenvalue weighted by molar-refractivity contribution is 0.670. The summed E-state index contributed by atoms with van der Waals surface area (Å²) in [4.78, 5) is 9.23. The fourth-order valence-corrected chi connectivity index (χ4v) is 4.29. The van der Waals surface area contributed by atoms with Gasteiger partial charge in [-0.05, 0) is 23.7 Å². The summed E-state index contributed by atoms with van der Waals surface area (Å²) in [5.41, 5.74) is 9.19. The van der Waals surface area contributed by atoms with Gasteiger partial charge in [-0.2, -0.15) is 0 Å². The molecule has 2 aromatic heterocycles. The largest absolute Gasteiger partial charge is 0.455 e. The molecule has 3 nitrogen and oxygen atoms in total. The zero-order chi connectivity index (χ0) is 19.6. The first-order valence-corrected chi connectivity index (χ1v) is 9.69. The van der Waals surface area contributed by atoms with Crippen LogP contribution in [0, 0.1) is 0 Å². The quantitative estimate of drug-likeness (QED) is 0.274. The minimum absolute atomic E-state index is 0.251. The Morgan fingerprint density at radius 3 is 2.29 bits per heavy atom. The summed E-state index contributed by atoms with van der Waals surface area (Å²) in [5.74, 6) is 0. The number of furan rings is 1. The van der Waals surface area contributed by atoms with Crippen molar-refractivity contribution < 1.29 is 4.42 Å². The van der Waals surface area contributed by atoms with E-state index in [-0.39, 0.29) is 5.28 Å². The van der Waals surface area contributed by atoms with Gasteiger partial charge in [0.05, 0.1) is 11.2 Å². The maximum Gasteiger partial charge on any atom is 0.223 e. The average molecular weight is 378 g/mol. The molecule has 3 aromatic carbocycles. The minimum Gasteiger partial charge on any atom is -0.455 e. The van der Waals surface area contributed by atoms with E-state index in [0.29, 0.717) is 0 Å². The molecular weight excluding hydrogens is 363 g/mol. The number of fused-ring (bicyclic) bond motifs is 4. The van der Waals surface area contributed by atoms with Crippen molar-refractivity contribution in [3.63, 3.8) is 0 Å². The van der Waals surface area contributed by atoms with Crippen LogP contribution in [0.3, 0.4) is 0 Å². The van der Waals surface area contributed by atoms with Crippen molar-refractivity contribution in [1.29, 1.82) is 0 Å². The lowest BCUT2D eigenvalue weighted by Crippen LogP contribution is -2.48. The lowest BCUT2D eigenvalue weighted by atomic mass is 9.65. The summed E-state index contributed by atoms with van der Waals surface area (Å²) in [6, 6.07) is 14.3.